The fraction of sp³-hybridized carbons (Fsp3) is 0.333. The number of carbonyl (C=O) groups is 1. The number of aromatic nitrogens is 2. The molecule has 0 N–H and O–H groups in total. The molecule has 0 unspecified atom stereocenters. The van der Waals surface area contributed by atoms with Gasteiger partial charge in [0, 0.05) is 44.1 Å². The van der Waals surface area contributed by atoms with Crippen molar-refractivity contribution in [2.45, 2.75) is 32.4 Å². The molecule has 1 aromatic heterocycles. The van der Waals surface area contributed by atoms with Crippen LogP contribution in [-0.4, -0.2) is 39.8 Å². The molecular weight excluding hydrogens is 362 g/mol. The van der Waals surface area contributed by atoms with Gasteiger partial charge in [-0.1, -0.05) is 36.4 Å². The SMILES string of the molecule is Cc1ccccc1CN(C[C@H]1CCCO1)C(=O)c1ccc(-c2cnn(C)c2)cc1. The third-order valence-electron chi connectivity index (χ3n) is 5.53. The van der Waals surface area contributed by atoms with E-state index in [1.54, 1.807) is 4.68 Å². The summed E-state index contributed by atoms with van der Waals surface area (Å²) >= 11 is 0. The molecule has 1 fully saturated rings. The van der Waals surface area contributed by atoms with Crippen LogP contribution in [0.5, 0.6) is 0 Å². The van der Waals surface area contributed by atoms with Gasteiger partial charge in [0.1, 0.15) is 0 Å². The van der Waals surface area contributed by atoms with Crippen LogP contribution in [0.4, 0.5) is 0 Å². The molecule has 1 aliphatic rings. The van der Waals surface area contributed by atoms with Gasteiger partial charge in [-0.15, -0.1) is 0 Å². The molecule has 3 aromatic rings. The second kappa shape index (κ2) is 8.62. The van der Waals surface area contributed by atoms with Crippen LogP contribution in [0.25, 0.3) is 11.1 Å². The number of rotatable bonds is 6. The van der Waals surface area contributed by atoms with Crippen LogP contribution >= 0.6 is 0 Å². The van der Waals surface area contributed by atoms with E-state index in [-0.39, 0.29) is 12.0 Å². The summed E-state index contributed by atoms with van der Waals surface area (Å²) in [4.78, 5) is 15.3. The van der Waals surface area contributed by atoms with Crippen LogP contribution in [0.15, 0.2) is 60.9 Å². The average molecular weight is 389 g/mol. The maximum Gasteiger partial charge on any atom is 0.254 e. The zero-order valence-electron chi connectivity index (χ0n) is 17.0. The fourth-order valence-corrected chi connectivity index (χ4v) is 3.80. The molecule has 0 spiro atoms. The highest BCUT2D eigenvalue weighted by molar-refractivity contribution is 5.94. The van der Waals surface area contributed by atoms with Crippen molar-refractivity contribution in [3.8, 4) is 11.1 Å². The highest BCUT2D eigenvalue weighted by atomic mass is 16.5. The lowest BCUT2D eigenvalue weighted by atomic mass is 10.0. The van der Waals surface area contributed by atoms with Crippen molar-refractivity contribution < 1.29 is 9.53 Å². The molecule has 1 saturated heterocycles. The number of hydrogen-bond acceptors (Lipinski definition) is 3. The average Bonchev–Trinajstić information content (AvgIpc) is 3.40. The van der Waals surface area contributed by atoms with Crippen LogP contribution in [-0.2, 0) is 18.3 Å². The molecule has 5 nitrogen and oxygen atoms in total. The van der Waals surface area contributed by atoms with E-state index < -0.39 is 0 Å². The molecule has 1 atom stereocenters. The number of aryl methyl sites for hydroxylation is 2. The lowest BCUT2D eigenvalue weighted by Gasteiger charge is -2.26. The molecule has 0 radical (unpaired) electrons. The lowest BCUT2D eigenvalue weighted by molar-refractivity contribution is 0.0507. The first kappa shape index (κ1) is 19.4. The van der Waals surface area contributed by atoms with Crippen molar-refractivity contribution in [2.24, 2.45) is 7.05 Å². The van der Waals surface area contributed by atoms with Crippen molar-refractivity contribution >= 4 is 5.91 Å². The summed E-state index contributed by atoms with van der Waals surface area (Å²) in [6.45, 7) is 4.09. The minimum absolute atomic E-state index is 0.0430. The standard InChI is InChI=1S/C24H27N3O2/c1-18-6-3-4-7-21(18)16-27(17-23-8-5-13-29-23)24(28)20-11-9-19(10-12-20)22-14-25-26(2)15-22/h3-4,6-7,9-12,14-15,23H,5,8,13,16-17H2,1-2H3/t23-/m1/s1. The van der Waals surface area contributed by atoms with Crippen LogP contribution < -0.4 is 0 Å². The van der Waals surface area contributed by atoms with Crippen LogP contribution in [0.1, 0.15) is 34.3 Å². The zero-order chi connectivity index (χ0) is 20.2. The minimum atomic E-state index is 0.0430. The highest BCUT2D eigenvalue weighted by Crippen LogP contribution is 2.22. The summed E-state index contributed by atoms with van der Waals surface area (Å²) in [5, 5.41) is 4.22. The van der Waals surface area contributed by atoms with Gasteiger partial charge in [0.25, 0.3) is 5.91 Å². The third-order valence-corrected chi connectivity index (χ3v) is 5.53. The summed E-state index contributed by atoms with van der Waals surface area (Å²) in [5.74, 6) is 0.0430. The van der Waals surface area contributed by atoms with Gasteiger partial charge >= 0.3 is 0 Å². The van der Waals surface area contributed by atoms with Gasteiger partial charge in [-0.05, 0) is 48.6 Å². The Labute approximate surface area is 171 Å². The molecule has 1 aliphatic heterocycles. The summed E-state index contributed by atoms with van der Waals surface area (Å²) in [5.41, 5.74) is 5.17. The number of benzene rings is 2. The second-order valence-corrected chi connectivity index (χ2v) is 7.73. The van der Waals surface area contributed by atoms with Gasteiger partial charge in [0.2, 0.25) is 0 Å². The van der Waals surface area contributed by atoms with Gasteiger partial charge in [0.15, 0.2) is 0 Å². The van der Waals surface area contributed by atoms with E-state index in [0.717, 1.165) is 30.6 Å². The molecule has 5 heteroatoms. The maximum absolute atomic E-state index is 13.4. The Hall–Kier alpha value is -2.92. The quantitative estimate of drug-likeness (QED) is 0.634. The lowest BCUT2D eigenvalue weighted by Crippen LogP contribution is -2.37. The Balaban J connectivity index is 1.55. The third kappa shape index (κ3) is 4.57. The van der Waals surface area contributed by atoms with Gasteiger partial charge < -0.3 is 9.64 Å². The van der Waals surface area contributed by atoms with Crippen molar-refractivity contribution in [2.75, 3.05) is 13.2 Å². The number of amides is 1. The van der Waals surface area contributed by atoms with E-state index in [2.05, 4.69) is 24.2 Å². The Kier molecular flexibility index (Phi) is 5.76. The monoisotopic (exact) mass is 389 g/mol. The Bertz CT molecular complexity index is 972. The first-order chi connectivity index (χ1) is 14.1. The first-order valence-electron chi connectivity index (χ1n) is 10.1. The first-order valence-corrected chi connectivity index (χ1v) is 10.1. The Morgan fingerprint density at radius 3 is 2.62 bits per heavy atom. The van der Waals surface area contributed by atoms with E-state index >= 15 is 0 Å². The number of nitrogens with zero attached hydrogens (tertiary/aromatic N) is 3. The molecule has 0 aliphatic carbocycles. The number of ether oxygens (including phenoxy) is 1. The molecule has 0 saturated carbocycles. The van der Waals surface area contributed by atoms with Crippen molar-refractivity contribution in [3.05, 3.63) is 77.6 Å². The van der Waals surface area contributed by atoms with Gasteiger partial charge in [-0.25, -0.2) is 0 Å². The van der Waals surface area contributed by atoms with E-state index in [1.807, 2.05) is 60.7 Å². The topological polar surface area (TPSA) is 47.4 Å². The normalized spacial score (nSPS) is 16.1. The van der Waals surface area contributed by atoms with Gasteiger partial charge in [0.05, 0.1) is 12.3 Å². The molecule has 0 bridgehead atoms. The molecule has 150 valence electrons. The van der Waals surface area contributed by atoms with Gasteiger partial charge in [-0.2, -0.15) is 5.10 Å². The summed E-state index contributed by atoms with van der Waals surface area (Å²) in [6, 6.07) is 16.0. The molecule has 1 amide bonds. The van der Waals surface area contributed by atoms with Crippen molar-refractivity contribution in [1.29, 1.82) is 0 Å². The number of hydrogen-bond donors (Lipinski definition) is 0. The molecule has 2 heterocycles. The Morgan fingerprint density at radius 2 is 1.97 bits per heavy atom. The molecular formula is C24H27N3O2. The van der Waals surface area contributed by atoms with E-state index in [9.17, 15) is 4.79 Å². The van der Waals surface area contributed by atoms with Gasteiger partial charge in [-0.3, -0.25) is 9.48 Å². The van der Waals surface area contributed by atoms with Crippen molar-refractivity contribution in [1.82, 2.24) is 14.7 Å². The Morgan fingerprint density at radius 1 is 1.17 bits per heavy atom. The largest absolute Gasteiger partial charge is 0.376 e. The minimum Gasteiger partial charge on any atom is -0.376 e. The summed E-state index contributed by atoms with van der Waals surface area (Å²) in [7, 11) is 1.90. The van der Waals surface area contributed by atoms with Crippen LogP contribution in [0, 0.1) is 6.92 Å². The summed E-state index contributed by atoms with van der Waals surface area (Å²) < 4.78 is 7.59. The smallest absolute Gasteiger partial charge is 0.254 e. The van der Waals surface area contributed by atoms with E-state index in [0.29, 0.717) is 18.7 Å². The van der Waals surface area contributed by atoms with Crippen LogP contribution in [0.3, 0.4) is 0 Å². The highest BCUT2D eigenvalue weighted by Gasteiger charge is 2.24. The molecule has 29 heavy (non-hydrogen) atoms. The number of carbonyl (C=O) groups excluding carboxylic acids is 1. The van der Waals surface area contributed by atoms with Crippen LogP contribution in [0.2, 0.25) is 0 Å². The van der Waals surface area contributed by atoms with E-state index in [1.165, 1.54) is 11.1 Å². The van der Waals surface area contributed by atoms with Crippen molar-refractivity contribution in [3.63, 3.8) is 0 Å². The zero-order valence-corrected chi connectivity index (χ0v) is 17.0. The fourth-order valence-electron chi connectivity index (χ4n) is 3.80. The maximum atomic E-state index is 13.4. The predicted molar refractivity (Wildman–Crippen MR) is 114 cm³/mol. The molecule has 2 aromatic carbocycles. The second-order valence-electron chi connectivity index (χ2n) is 7.73. The predicted octanol–water partition coefficient (Wildman–Crippen LogP) is 4.22. The van der Waals surface area contributed by atoms with E-state index in [4.69, 9.17) is 4.74 Å². The molecule has 4 rings (SSSR count). The summed E-state index contributed by atoms with van der Waals surface area (Å²) in [6.07, 6.45) is 6.00.